The third kappa shape index (κ3) is 5.33. The summed E-state index contributed by atoms with van der Waals surface area (Å²) in [5.41, 5.74) is 3.18. The van der Waals surface area contributed by atoms with Gasteiger partial charge >= 0.3 is 0 Å². The molecule has 1 aliphatic rings. The highest BCUT2D eigenvalue weighted by atomic mass is 32.2. The molecule has 0 aliphatic carbocycles. The molecule has 0 unspecified atom stereocenters. The van der Waals surface area contributed by atoms with Crippen LogP contribution in [0, 0.1) is 0 Å². The first-order valence-electron chi connectivity index (χ1n) is 9.42. The fourth-order valence-electron chi connectivity index (χ4n) is 3.31. The predicted octanol–water partition coefficient (Wildman–Crippen LogP) is 2.13. The lowest BCUT2D eigenvalue weighted by Gasteiger charge is -2.28. The minimum atomic E-state index is -3.32. The van der Waals surface area contributed by atoms with Gasteiger partial charge in [-0.15, -0.1) is 0 Å². The molecule has 1 amide bonds. The number of nitrogens with zero attached hydrogens (tertiary/aromatic N) is 1. The van der Waals surface area contributed by atoms with Crippen molar-refractivity contribution in [2.45, 2.75) is 25.8 Å². The monoisotopic (exact) mass is 402 g/mol. The molecule has 1 heterocycles. The largest absolute Gasteiger partial charge is 0.497 e. The van der Waals surface area contributed by atoms with E-state index >= 15 is 0 Å². The molecule has 7 heteroatoms. The van der Waals surface area contributed by atoms with Gasteiger partial charge < -0.3 is 10.1 Å². The molecule has 28 heavy (non-hydrogen) atoms. The van der Waals surface area contributed by atoms with Crippen molar-refractivity contribution in [1.29, 1.82) is 0 Å². The summed E-state index contributed by atoms with van der Waals surface area (Å²) in [6.07, 6.45) is 1.41. The van der Waals surface area contributed by atoms with Crippen molar-refractivity contribution in [2.75, 3.05) is 26.0 Å². The molecular weight excluding hydrogens is 376 g/mol. The predicted molar refractivity (Wildman–Crippen MR) is 109 cm³/mol. The van der Waals surface area contributed by atoms with Crippen LogP contribution in [0.5, 0.6) is 5.75 Å². The van der Waals surface area contributed by atoms with Crippen LogP contribution in [0.3, 0.4) is 0 Å². The molecule has 0 aromatic heterocycles. The molecule has 0 saturated heterocycles. The Morgan fingerprint density at radius 1 is 1.11 bits per heavy atom. The third-order valence-corrected chi connectivity index (χ3v) is 6.82. The number of carbonyl (C=O) groups is 1. The Labute approximate surface area is 166 Å². The number of amides is 1. The molecule has 0 spiro atoms. The molecule has 150 valence electrons. The molecule has 0 fully saturated rings. The van der Waals surface area contributed by atoms with Crippen molar-refractivity contribution in [3.8, 4) is 5.75 Å². The third-order valence-electron chi connectivity index (χ3n) is 4.91. The van der Waals surface area contributed by atoms with Crippen LogP contribution in [0.2, 0.25) is 0 Å². The maximum atomic E-state index is 12.6. The van der Waals surface area contributed by atoms with E-state index in [1.165, 1.54) is 5.56 Å². The van der Waals surface area contributed by atoms with E-state index in [-0.39, 0.29) is 18.1 Å². The zero-order valence-corrected chi connectivity index (χ0v) is 16.9. The van der Waals surface area contributed by atoms with Crippen LogP contribution in [0.1, 0.15) is 23.1 Å². The van der Waals surface area contributed by atoms with E-state index < -0.39 is 10.0 Å². The van der Waals surface area contributed by atoms with Crippen molar-refractivity contribution in [3.63, 3.8) is 0 Å². The number of carbonyl (C=O) groups excluding carboxylic acids is 1. The minimum absolute atomic E-state index is 0.0397. The topological polar surface area (TPSA) is 75.7 Å². The lowest BCUT2D eigenvalue weighted by molar-refractivity contribution is -0.120. The number of ether oxygens (including phenoxy) is 1. The second-order valence-electron chi connectivity index (χ2n) is 6.90. The quantitative estimate of drug-likeness (QED) is 0.687. The fraction of sp³-hybridized carbons (Fsp3) is 0.381. The highest BCUT2D eigenvalue weighted by molar-refractivity contribution is 7.89. The van der Waals surface area contributed by atoms with Crippen molar-refractivity contribution in [2.24, 2.45) is 0 Å². The maximum absolute atomic E-state index is 12.6. The summed E-state index contributed by atoms with van der Waals surface area (Å²) < 4.78 is 31.8. The van der Waals surface area contributed by atoms with Gasteiger partial charge in [0.05, 0.1) is 19.3 Å². The Hall–Kier alpha value is -2.38. The van der Waals surface area contributed by atoms with Crippen molar-refractivity contribution in [1.82, 2.24) is 9.62 Å². The van der Waals surface area contributed by atoms with Gasteiger partial charge in [0.1, 0.15) is 5.75 Å². The van der Waals surface area contributed by atoms with Gasteiger partial charge in [0.2, 0.25) is 15.9 Å². The number of rotatable bonds is 8. The summed E-state index contributed by atoms with van der Waals surface area (Å²) in [4.78, 5) is 12.0. The number of fused-ring (bicyclic) bond motifs is 1. The summed E-state index contributed by atoms with van der Waals surface area (Å²) in [5.74, 6) is 0.669. The van der Waals surface area contributed by atoms with E-state index in [4.69, 9.17) is 4.74 Å². The highest BCUT2D eigenvalue weighted by Crippen LogP contribution is 2.21. The van der Waals surface area contributed by atoms with Crippen molar-refractivity contribution >= 4 is 15.9 Å². The van der Waals surface area contributed by atoms with E-state index in [1.807, 2.05) is 42.5 Å². The maximum Gasteiger partial charge on any atom is 0.224 e. The fourth-order valence-corrected chi connectivity index (χ4v) is 4.78. The van der Waals surface area contributed by atoms with E-state index in [0.717, 1.165) is 23.3 Å². The van der Waals surface area contributed by atoms with Crippen LogP contribution >= 0.6 is 0 Å². The number of nitrogens with one attached hydrogen (secondary N) is 1. The summed E-state index contributed by atoms with van der Waals surface area (Å²) in [6.45, 7) is 1.30. The smallest absolute Gasteiger partial charge is 0.224 e. The van der Waals surface area contributed by atoms with Gasteiger partial charge in [-0.05, 0) is 41.7 Å². The van der Waals surface area contributed by atoms with Gasteiger partial charge in [-0.1, -0.05) is 36.4 Å². The number of benzene rings is 2. The van der Waals surface area contributed by atoms with Gasteiger partial charge in [0, 0.05) is 19.6 Å². The summed E-state index contributed by atoms with van der Waals surface area (Å²) >= 11 is 0. The molecule has 0 saturated carbocycles. The molecule has 0 bridgehead atoms. The van der Waals surface area contributed by atoms with Crippen LogP contribution in [-0.2, 0) is 34.2 Å². The summed E-state index contributed by atoms with van der Waals surface area (Å²) in [6, 6.07) is 15.3. The molecular formula is C21H26N2O4S. The molecule has 3 rings (SSSR count). The second-order valence-corrected chi connectivity index (χ2v) is 8.99. The normalized spacial score (nSPS) is 14.3. The van der Waals surface area contributed by atoms with Crippen LogP contribution in [0.4, 0.5) is 0 Å². The number of hydrogen-bond donors (Lipinski definition) is 1. The standard InChI is InChI=1S/C21H26N2O4S/c1-27-20-9-7-17(8-10-20)15-21(24)22-12-4-14-28(25,26)23-13-11-18-5-2-3-6-19(18)16-23/h2-3,5-10H,4,11-16H2,1H3,(H,22,24). The summed E-state index contributed by atoms with van der Waals surface area (Å²) in [7, 11) is -1.73. The van der Waals surface area contributed by atoms with Crippen LogP contribution < -0.4 is 10.1 Å². The average Bonchev–Trinajstić information content (AvgIpc) is 2.71. The van der Waals surface area contributed by atoms with Crippen LogP contribution in [0.15, 0.2) is 48.5 Å². The van der Waals surface area contributed by atoms with Crippen molar-refractivity contribution < 1.29 is 17.9 Å². The van der Waals surface area contributed by atoms with E-state index in [0.29, 0.717) is 26.1 Å². The average molecular weight is 403 g/mol. The van der Waals surface area contributed by atoms with Gasteiger partial charge in [0.25, 0.3) is 0 Å². The van der Waals surface area contributed by atoms with E-state index in [2.05, 4.69) is 11.4 Å². The molecule has 2 aromatic carbocycles. The number of sulfonamides is 1. The first-order valence-corrected chi connectivity index (χ1v) is 11.0. The van der Waals surface area contributed by atoms with Crippen molar-refractivity contribution in [3.05, 3.63) is 65.2 Å². The zero-order chi connectivity index (χ0) is 20.0. The minimum Gasteiger partial charge on any atom is -0.497 e. The van der Waals surface area contributed by atoms with Crippen LogP contribution in [0.25, 0.3) is 0 Å². The van der Waals surface area contributed by atoms with Gasteiger partial charge in [-0.2, -0.15) is 4.31 Å². The Balaban J connectivity index is 1.42. The first-order chi connectivity index (χ1) is 13.5. The number of methoxy groups -OCH3 is 1. The Morgan fingerprint density at radius 2 is 1.82 bits per heavy atom. The SMILES string of the molecule is COc1ccc(CC(=O)NCCCS(=O)(=O)N2CCc3ccccc3C2)cc1. The van der Waals surface area contributed by atoms with E-state index in [9.17, 15) is 13.2 Å². The number of hydrogen-bond acceptors (Lipinski definition) is 4. The van der Waals surface area contributed by atoms with Gasteiger partial charge in [-0.25, -0.2) is 8.42 Å². The van der Waals surface area contributed by atoms with Gasteiger partial charge in [0.15, 0.2) is 0 Å². The molecule has 1 N–H and O–H groups in total. The zero-order valence-electron chi connectivity index (χ0n) is 16.1. The molecule has 2 aromatic rings. The molecule has 0 radical (unpaired) electrons. The Morgan fingerprint density at radius 3 is 2.54 bits per heavy atom. The Kier molecular flexibility index (Phi) is 6.70. The van der Waals surface area contributed by atoms with Crippen LogP contribution in [-0.4, -0.2) is 44.6 Å². The lowest BCUT2D eigenvalue weighted by Crippen LogP contribution is -2.38. The Bertz CT molecular complexity index is 910. The highest BCUT2D eigenvalue weighted by Gasteiger charge is 2.25. The van der Waals surface area contributed by atoms with E-state index in [1.54, 1.807) is 11.4 Å². The first kappa shape index (κ1) is 20.4. The molecule has 6 nitrogen and oxygen atoms in total. The second kappa shape index (κ2) is 9.21. The molecule has 0 atom stereocenters. The summed E-state index contributed by atoms with van der Waals surface area (Å²) in [5, 5.41) is 2.80. The molecule has 1 aliphatic heterocycles. The van der Waals surface area contributed by atoms with Gasteiger partial charge in [-0.3, -0.25) is 4.79 Å². The lowest BCUT2D eigenvalue weighted by atomic mass is 10.0.